The van der Waals surface area contributed by atoms with Gasteiger partial charge in [0.05, 0.1) is 13.8 Å². The highest BCUT2D eigenvalue weighted by molar-refractivity contribution is 6.37. The summed E-state index contributed by atoms with van der Waals surface area (Å²) >= 11 is 0. The number of hydrogen-bond acceptors (Lipinski definition) is 6. The van der Waals surface area contributed by atoms with E-state index in [0.717, 1.165) is 11.3 Å². The van der Waals surface area contributed by atoms with Crippen LogP contribution in [0, 0.1) is 5.92 Å². The smallest absolute Gasteiger partial charge is 0.328 e. The normalized spacial score (nSPS) is 12.8. The van der Waals surface area contributed by atoms with Gasteiger partial charge >= 0.3 is 5.97 Å². The summed E-state index contributed by atoms with van der Waals surface area (Å²) in [6.45, 7) is 8.02. The van der Waals surface area contributed by atoms with Crippen molar-refractivity contribution in [3.05, 3.63) is 42.5 Å². The van der Waals surface area contributed by atoms with Crippen molar-refractivity contribution in [3.63, 3.8) is 0 Å². The van der Waals surface area contributed by atoms with Crippen LogP contribution in [0.4, 0.5) is 0 Å². The van der Waals surface area contributed by atoms with E-state index in [0.29, 0.717) is 19.4 Å². The number of rotatable bonds is 13. The van der Waals surface area contributed by atoms with Gasteiger partial charge in [-0.1, -0.05) is 38.6 Å². The van der Waals surface area contributed by atoms with Gasteiger partial charge in [-0.15, -0.1) is 0 Å². The van der Waals surface area contributed by atoms with E-state index in [4.69, 9.17) is 19.9 Å². The SMILES string of the molecule is C=CCOc1ccc(C[C@H](BOCN)C(=O)N[C@@H](CC(C)C)C(=O)OC)cc1. The van der Waals surface area contributed by atoms with Crippen LogP contribution in [0.25, 0.3) is 0 Å². The maximum atomic E-state index is 12.8. The molecule has 2 atom stereocenters. The molecule has 0 aliphatic carbocycles. The monoisotopic (exact) mass is 390 g/mol. The van der Waals surface area contributed by atoms with Gasteiger partial charge in [0.15, 0.2) is 0 Å². The third-order valence-electron chi connectivity index (χ3n) is 4.09. The molecule has 0 saturated heterocycles. The van der Waals surface area contributed by atoms with Gasteiger partial charge in [-0.05, 0) is 36.5 Å². The zero-order valence-electron chi connectivity index (χ0n) is 17.0. The summed E-state index contributed by atoms with van der Waals surface area (Å²) in [6.07, 6.45) is 2.62. The lowest BCUT2D eigenvalue weighted by molar-refractivity contribution is -0.145. The Morgan fingerprint density at radius 2 is 1.96 bits per heavy atom. The maximum Gasteiger partial charge on any atom is 0.328 e. The van der Waals surface area contributed by atoms with Crippen molar-refractivity contribution >= 4 is 19.4 Å². The predicted octanol–water partition coefficient (Wildman–Crippen LogP) is 1.57. The molecule has 0 radical (unpaired) electrons. The predicted molar refractivity (Wildman–Crippen MR) is 110 cm³/mol. The average Bonchev–Trinajstić information content (AvgIpc) is 2.68. The van der Waals surface area contributed by atoms with Crippen LogP contribution in [-0.2, 0) is 25.4 Å². The van der Waals surface area contributed by atoms with E-state index in [2.05, 4.69) is 11.9 Å². The van der Waals surface area contributed by atoms with Gasteiger partial charge in [0, 0.05) is 5.82 Å². The molecule has 0 heterocycles. The molecule has 0 aliphatic rings. The largest absolute Gasteiger partial charge is 0.490 e. The molecule has 1 aromatic carbocycles. The first-order chi connectivity index (χ1) is 13.4. The van der Waals surface area contributed by atoms with Crippen molar-refractivity contribution in [2.75, 3.05) is 20.4 Å². The van der Waals surface area contributed by atoms with Crippen molar-refractivity contribution in [1.29, 1.82) is 0 Å². The Kier molecular flexibility index (Phi) is 11.0. The molecule has 8 heteroatoms. The van der Waals surface area contributed by atoms with E-state index in [1.54, 1.807) is 6.08 Å². The van der Waals surface area contributed by atoms with Crippen LogP contribution in [0.3, 0.4) is 0 Å². The van der Waals surface area contributed by atoms with E-state index in [1.165, 1.54) is 7.11 Å². The topological polar surface area (TPSA) is 99.9 Å². The molecule has 0 bridgehead atoms. The van der Waals surface area contributed by atoms with Gasteiger partial charge in [-0.2, -0.15) is 0 Å². The second-order valence-corrected chi connectivity index (χ2v) is 6.90. The quantitative estimate of drug-likeness (QED) is 0.230. The molecule has 28 heavy (non-hydrogen) atoms. The summed E-state index contributed by atoms with van der Waals surface area (Å²) in [5, 5.41) is 2.80. The van der Waals surface area contributed by atoms with E-state index in [-0.39, 0.29) is 26.0 Å². The van der Waals surface area contributed by atoms with Gasteiger partial charge in [-0.3, -0.25) is 4.79 Å². The molecule has 7 nitrogen and oxygen atoms in total. The van der Waals surface area contributed by atoms with Crippen LogP contribution in [0.15, 0.2) is 36.9 Å². The number of amides is 1. The zero-order valence-corrected chi connectivity index (χ0v) is 17.0. The number of carbonyl (C=O) groups is 2. The minimum absolute atomic E-state index is 0.0184. The first-order valence-corrected chi connectivity index (χ1v) is 9.39. The fraction of sp³-hybridized carbons (Fsp3) is 0.500. The molecule has 3 N–H and O–H groups in total. The molecule has 0 aliphatic heterocycles. The van der Waals surface area contributed by atoms with Gasteiger partial charge < -0.3 is 25.2 Å². The van der Waals surface area contributed by atoms with Gasteiger partial charge in [0.2, 0.25) is 5.91 Å². The van der Waals surface area contributed by atoms with E-state index in [1.807, 2.05) is 38.1 Å². The molecule has 0 aromatic heterocycles. The van der Waals surface area contributed by atoms with Crippen LogP contribution in [-0.4, -0.2) is 45.8 Å². The molecule has 0 unspecified atom stereocenters. The Balaban J connectivity index is 2.82. The molecule has 0 fully saturated rings. The first-order valence-electron chi connectivity index (χ1n) is 9.39. The lowest BCUT2D eigenvalue weighted by Gasteiger charge is -2.22. The fourth-order valence-electron chi connectivity index (χ4n) is 2.72. The van der Waals surface area contributed by atoms with Crippen LogP contribution < -0.4 is 15.8 Å². The molecule has 0 saturated carbocycles. The van der Waals surface area contributed by atoms with Crippen LogP contribution >= 0.6 is 0 Å². The molecule has 1 aromatic rings. The van der Waals surface area contributed by atoms with Crippen molar-refractivity contribution in [2.45, 2.75) is 38.5 Å². The van der Waals surface area contributed by atoms with Gasteiger partial charge in [0.1, 0.15) is 18.4 Å². The van der Waals surface area contributed by atoms with Crippen molar-refractivity contribution in [1.82, 2.24) is 5.32 Å². The van der Waals surface area contributed by atoms with Gasteiger partial charge in [0.25, 0.3) is 7.48 Å². The first kappa shape index (κ1) is 23.7. The summed E-state index contributed by atoms with van der Waals surface area (Å²) < 4.78 is 15.6. The van der Waals surface area contributed by atoms with Crippen LogP contribution in [0.2, 0.25) is 5.82 Å². The van der Waals surface area contributed by atoms with E-state index >= 15 is 0 Å². The molecular weight excluding hydrogens is 359 g/mol. The number of nitrogens with one attached hydrogen (secondary N) is 1. The summed E-state index contributed by atoms with van der Waals surface area (Å²) in [5.74, 6) is -0.250. The third kappa shape index (κ3) is 8.58. The lowest BCUT2D eigenvalue weighted by atomic mass is 9.75. The molecule has 1 amide bonds. The maximum absolute atomic E-state index is 12.8. The van der Waals surface area contributed by atoms with Crippen LogP contribution in [0.5, 0.6) is 5.75 Å². The standard InChI is InChI=1S/C20H31BN2O5/c1-5-10-27-16-8-6-15(7-9-16)12-17(21-28-13-22)19(24)23-18(11-14(2)3)20(25)26-4/h5-9,14,17-18,21H,1,10-13,22H2,2-4H3,(H,23,24)/t17-,18-/m0/s1. The minimum atomic E-state index is -0.687. The van der Waals surface area contributed by atoms with E-state index in [9.17, 15) is 9.59 Å². The Labute approximate surface area is 167 Å². The highest BCUT2D eigenvalue weighted by Gasteiger charge is 2.28. The summed E-state index contributed by atoms with van der Waals surface area (Å²) in [5.41, 5.74) is 6.37. The highest BCUT2D eigenvalue weighted by Crippen LogP contribution is 2.19. The summed E-state index contributed by atoms with van der Waals surface area (Å²) in [4.78, 5) is 24.8. The summed E-state index contributed by atoms with van der Waals surface area (Å²) in [7, 11) is 1.47. The number of methoxy groups -OCH3 is 1. The molecule has 1 rings (SSSR count). The zero-order chi connectivity index (χ0) is 20.9. The highest BCUT2D eigenvalue weighted by atomic mass is 16.5. The Morgan fingerprint density at radius 1 is 1.29 bits per heavy atom. The number of nitrogens with two attached hydrogens (primary N) is 1. The van der Waals surface area contributed by atoms with Gasteiger partial charge in [-0.25, -0.2) is 4.79 Å². The minimum Gasteiger partial charge on any atom is -0.490 e. The third-order valence-corrected chi connectivity index (χ3v) is 4.09. The Bertz CT molecular complexity index is 622. The number of ether oxygens (including phenoxy) is 2. The number of carbonyl (C=O) groups excluding carboxylic acids is 2. The van der Waals surface area contributed by atoms with Crippen molar-refractivity contribution in [3.8, 4) is 5.75 Å². The second kappa shape index (κ2) is 13.0. The molecule has 154 valence electrons. The second-order valence-electron chi connectivity index (χ2n) is 6.90. The number of benzene rings is 1. The van der Waals surface area contributed by atoms with Crippen molar-refractivity contribution < 1.29 is 23.7 Å². The lowest BCUT2D eigenvalue weighted by Crippen LogP contribution is -2.45. The van der Waals surface area contributed by atoms with E-state index < -0.39 is 17.8 Å². The molecular formula is C20H31BN2O5. The number of hydrogen-bond donors (Lipinski definition) is 2. The van der Waals surface area contributed by atoms with Crippen molar-refractivity contribution in [2.24, 2.45) is 11.7 Å². The average molecular weight is 390 g/mol. The fourth-order valence-corrected chi connectivity index (χ4v) is 2.72. The van der Waals surface area contributed by atoms with Crippen LogP contribution in [0.1, 0.15) is 25.8 Å². The Morgan fingerprint density at radius 3 is 2.50 bits per heavy atom. The Hall–Kier alpha value is -2.32. The molecule has 0 spiro atoms. The summed E-state index contributed by atoms with van der Waals surface area (Å²) in [6, 6.07) is 6.79. The number of esters is 1.